The van der Waals surface area contributed by atoms with E-state index in [4.69, 9.17) is 4.74 Å². The van der Waals surface area contributed by atoms with Crippen LogP contribution in [0.3, 0.4) is 0 Å². The molecule has 0 N–H and O–H groups in total. The Morgan fingerprint density at radius 1 is 1.03 bits per heavy atom. The number of hydrogen-bond acceptors (Lipinski definition) is 6. The van der Waals surface area contributed by atoms with Gasteiger partial charge in [0.05, 0.1) is 36.9 Å². The Morgan fingerprint density at radius 2 is 1.74 bits per heavy atom. The zero-order chi connectivity index (χ0) is 23.7. The highest BCUT2D eigenvalue weighted by Gasteiger charge is 2.27. The molecule has 34 heavy (non-hydrogen) atoms. The molecule has 4 heterocycles. The number of hydrogen-bond donors (Lipinski definition) is 0. The number of ether oxygens (including phenoxy) is 1. The van der Waals surface area contributed by atoms with E-state index in [1.165, 1.54) is 23.5 Å². The van der Waals surface area contributed by atoms with Crippen molar-refractivity contribution in [2.24, 2.45) is 0 Å². The summed E-state index contributed by atoms with van der Waals surface area (Å²) in [5, 5.41) is 5.59. The highest BCUT2D eigenvalue weighted by atomic mass is 32.1. The minimum atomic E-state index is -0.264. The van der Waals surface area contributed by atoms with E-state index in [0.29, 0.717) is 70.4 Å². The van der Waals surface area contributed by atoms with Crippen LogP contribution in [0, 0.1) is 12.7 Å². The molecule has 2 aliphatic heterocycles. The number of carbonyl (C=O) groups excluding carboxylic acids is 2. The molecule has 2 fully saturated rings. The van der Waals surface area contributed by atoms with Gasteiger partial charge in [0.1, 0.15) is 10.6 Å². The molecule has 0 aliphatic carbocycles. The van der Waals surface area contributed by atoms with Gasteiger partial charge >= 0.3 is 0 Å². The van der Waals surface area contributed by atoms with E-state index in [-0.39, 0.29) is 17.6 Å². The van der Waals surface area contributed by atoms with E-state index >= 15 is 0 Å². The molecule has 2 aliphatic rings. The highest BCUT2D eigenvalue weighted by molar-refractivity contribution is 7.20. The Kier molecular flexibility index (Phi) is 6.62. The number of halogens is 1. The van der Waals surface area contributed by atoms with Gasteiger partial charge in [-0.1, -0.05) is 12.1 Å². The number of piperazine rings is 1. The third-order valence-corrected chi connectivity index (χ3v) is 7.58. The number of aryl methyl sites for hydroxylation is 1. The van der Waals surface area contributed by atoms with Crippen molar-refractivity contribution >= 4 is 33.4 Å². The molecule has 180 valence electrons. The first-order valence-corrected chi connectivity index (χ1v) is 12.4. The predicted molar refractivity (Wildman–Crippen MR) is 128 cm³/mol. The molecule has 0 radical (unpaired) electrons. The van der Waals surface area contributed by atoms with Crippen molar-refractivity contribution in [3.63, 3.8) is 0 Å². The lowest BCUT2D eigenvalue weighted by molar-refractivity contribution is -0.136. The smallest absolute Gasteiger partial charge is 0.264 e. The molecule has 2 amide bonds. The number of rotatable bonds is 5. The van der Waals surface area contributed by atoms with Gasteiger partial charge in [-0.25, -0.2) is 4.39 Å². The second-order valence-corrected chi connectivity index (χ2v) is 9.79. The number of carbonyl (C=O) groups is 2. The third kappa shape index (κ3) is 4.84. The molecule has 0 atom stereocenters. The second-order valence-electron chi connectivity index (χ2n) is 8.76. The molecule has 10 heteroatoms. The number of morpholine rings is 1. The first kappa shape index (κ1) is 22.9. The molecule has 1 aromatic carbocycles. The van der Waals surface area contributed by atoms with Gasteiger partial charge in [0.15, 0.2) is 0 Å². The summed E-state index contributed by atoms with van der Waals surface area (Å²) in [4.78, 5) is 33.2. The predicted octanol–water partition coefficient (Wildman–Crippen LogP) is 2.21. The van der Waals surface area contributed by atoms with Gasteiger partial charge in [0, 0.05) is 44.7 Å². The minimum absolute atomic E-state index is 0.0214. The van der Waals surface area contributed by atoms with Crippen molar-refractivity contribution in [2.45, 2.75) is 13.5 Å². The summed E-state index contributed by atoms with van der Waals surface area (Å²) in [5.41, 5.74) is 1.83. The molecule has 3 aromatic rings. The first-order chi connectivity index (χ1) is 16.5. The molecule has 0 spiro atoms. The molecule has 0 unspecified atom stereocenters. The van der Waals surface area contributed by atoms with Crippen molar-refractivity contribution < 1.29 is 18.7 Å². The van der Waals surface area contributed by atoms with E-state index in [1.54, 1.807) is 12.1 Å². The lowest BCUT2D eigenvalue weighted by Gasteiger charge is -2.35. The summed E-state index contributed by atoms with van der Waals surface area (Å²) in [6.07, 6.45) is 0. The summed E-state index contributed by atoms with van der Waals surface area (Å²) in [6.45, 7) is 7.94. The highest BCUT2D eigenvalue weighted by Crippen LogP contribution is 2.30. The van der Waals surface area contributed by atoms with E-state index in [0.717, 1.165) is 21.5 Å². The Bertz CT molecular complexity index is 1180. The largest absolute Gasteiger partial charge is 0.378 e. The van der Waals surface area contributed by atoms with E-state index in [1.807, 2.05) is 27.5 Å². The topological polar surface area (TPSA) is 70.9 Å². The number of thiophene rings is 1. The molecule has 8 nitrogen and oxygen atoms in total. The van der Waals surface area contributed by atoms with Crippen LogP contribution in [0.1, 0.15) is 20.9 Å². The van der Waals surface area contributed by atoms with Crippen LogP contribution in [-0.4, -0.2) is 95.3 Å². The summed E-state index contributed by atoms with van der Waals surface area (Å²) < 4.78 is 20.4. The number of fused-ring (bicyclic) bond motifs is 1. The van der Waals surface area contributed by atoms with Crippen LogP contribution >= 0.6 is 11.3 Å². The van der Waals surface area contributed by atoms with Crippen LogP contribution in [0.4, 0.5) is 4.39 Å². The zero-order valence-corrected chi connectivity index (χ0v) is 20.0. The fourth-order valence-electron chi connectivity index (χ4n) is 4.46. The fourth-order valence-corrected chi connectivity index (χ4v) is 5.59. The van der Waals surface area contributed by atoms with Crippen molar-refractivity contribution in [3.05, 3.63) is 52.3 Å². The molecule has 2 aromatic heterocycles. The van der Waals surface area contributed by atoms with Gasteiger partial charge in [-0.15, -0.1) is 11.3 Å². The van der Waals surface area contributed by atoms with Crippen LogP contribution in [0.15, 0.2) is 30.3 Å². The first-order valence-electron chi connectivity index (χ1n) is 11.6. The van der Waals surface area contributed by atoms with Gasteiger partial charge in [0.2, 0.25) is 5.91 Å². The van der Waals surface area contributed by atoms with Gasteiger partial charge in [-0.05, 0) is 30.7 Å². The SMILES string of the molecule is Cc1nn(Cc2ccc(F)cc2)c2sc(C(=O)N3CCN(CC(=O)N4CCOCC4)CC3)cc12. The number of aromatic nitrogens is 2. The summed E-state index contributed by atoms with van der Waals surface area (Å²) >= 11 is 1.45. The summed E-state index contributed by atoms with van der Waals surface area (Å²) in [6, 6.07) is 8.32. The summed E-state index contributed by atoms with van der Waals surface area (Å²) in [5.74, 6) is -0.109. The molecule has 0 bridgehead atoms. The average molecular weight is 486 g/mol. The van der Waals surface area contributed by atoms with Gasteiger partial charge in [0.25, 0.3) is 5.91 Å². The number of nitrogens with zero attached hydrogens (tertiary/aromatic N) is 5. The quantitative estimate of drug-likeness (QED) is 0.554. The number of benzene rings is 1. The molecule has 5 rings (SSSR count). The number of amides is 2. The summed E-state index contributed by atoms with van der Waals surface area (Å²) in [7, 11) is 0. The second kappa shape index (κ2) is 9.81. The molecule has 2 saturated heterocycles. The van der Waals surface area contributed by atoms with Crippen molar-refractivity contribution in [3.8, 4) is 0 Å². The van der Waals surface area contributed by atoms with Gasteiger partial charge in [-0.2, -0.15) is 5.10 Å². The normalized spacial score (nSPS) is 17.5. The molecular weight excluding hydrogens is 457 g/mol. The van der Waals surface area contributed by atoms with Crippen LogP contribution in [0.5, 0.6) is 0 Å². The van der Waals surface area contributed by atoms with Gasteiger partial charge < -0.3 is 14.5 Å². The van der Waals surface area contributed by atoms with Crippen LogP contribution in [0.25, 0.3) is 10.2 Å². The monoisotopic (exact) mass is 485 g/mol. The zero-order valence-electron chi connectivity index (χ0n) is 19.2. The van der Waals surface area contributed by atoms with E-state index in [9.17, 15) is 14.0 Å². The van der Waals surface area contributed by atoms with Gasteiger partial charge in [-0.3, -0.25) is 19.2 Å². The van der Waals surface area contributed by atoms with Crippen LogP contribution < -0.4 is 0 Å². The third-order valence-electron chi connectivity index (χ3n) is 6.45. The Labute approximate surface area is 201 Å². The Hall–Kier alpha value is -2.82. The van der Waals surface area contributed by atoms with Crippen molar-refractivity contribution in [1.29, 1.82) is 0 Å². The maximum Gasteiger partial charge on any atom is 0.264 e. The van der Waals surface area contributed by atoms with Crippen LogP contribution in [0.2, 0.25) is 0 Å². The van der Waals surface area contributed by atoms with Crippen molar-refractivity contribution in [2.75, 3.05) is 59.0 Å². The standard InChI is InChI=1S/C24H28FN5O3S/c1-17-20-14-21(34-24(20)30(26-17)15-18-2-4-19(25)5-3-18)23(32)29-8-6-27(7-9-29)16-22(31)28-10-12-33-13-11-28/h2-5,14H,6-13,15-16H2,1H3. The lowest BCUT2D eigenvalue weighted by Crippen LogP contribution is -2.52. The van der Waals surface area contributed by atoms with E-state index in [2.05, 4.69) is 10.00 Å². The molecule has 0 saturated carbocycles. The maximum absolute atomic E-state index is 13.2. The fraction of sp³-hybridized carbons (Fsp3) is 0.458. The van der Waals surface area contributed by atoms with Crippen molar-refractivity contribution in [1.82, 2.24) is 24.5 Å². The minimum Gasteiger partial charge on any atom is -0.378 e. The Balaban J connectivity index is 1.22. The molecular formula is C24H28FN5O3S. The Morgan fingerprint density at radius 3 is 2.44 bits per heavy atom. The van der Waals surface area contributed by atoms with Crippen LogP contribution in [-0.2, 0) is 16.1 Å². The van der Waals surface area contributed by atoms with E-state index < -0.39 is 0 Å². The maximum atomic E-state index is 13.2. The lowest BCUT2D eigenvalue weighted by atomic mass is 10.2. The average Bonchev–Trinajstić information content (AvgIpc) is 3.42.